The summed E-state index contributed by atoms with van der Waals surface area (Å²) in [6.45, 7) is 8.34. The van der Waals surface area contributed by atoms with Crippen LogP contribution in [0, 0.1) is 24.0 Å². The van der Waals surface area contributed by atoms with Gasteiger partial charge in [-0.05, 0) is 50.8 Å². The predicted molar refractivity (Wildman–Crippen MR) is 139 cm³/mol. The number of carbonyl (C=O) groups is 2. The Hall–Kier alpha value is -3.47. The molecule has 11 heteroatoms. The smallest absolute Gasteiger partial charge is 0.271 e. The third-order valence-corrected chi connectivity index (χ3v) is 7.25. The number of nitrogens with one attached hydrogen (secondary N) is 1. The summed E-state index contributed by atoms with van der Waals surface area (Å²) in [4.78, 5) is 38.6. The van der Waals surface area contributed by atoms with E-state index in [0.29, 0.717) is 12.0 Å². The largest absolute Gasteiger partial charge is 0.352 e. The summed E-state index contributed by atoms with van der Waals surface area (Å²) in [7, 11) is -4.00. The van der Waals surface area contributed by atoms with Crippen LogP contribution >= 0.6 is 0 Å². The Morgan fingerprint density at radius 2 is 1.72 bits per heavy atom. The number of nitrogens with zero attached hydrogens (tertiary/aromatic N) is 3. The molecule has 0 aliphatic carbocycles. The number of anilines is 1. The van der Waals surface area contributed by atoms with E-state index in [4.69, 9.17) is 0 Å². The zero-order valence-electron chi connectivity index (χ0n) is 21.5. The molecule has 1 N–H and O–H groups in total. The maximum absolute atomic E-state index is 13.6. The van der Waals surface area contributed by atoms with Crippen LogP contribution in [0.2, 0.25) is 0 Å². The quantitative estimate of drug-likeness (QED) is 0.359. The molecule has 2 aromatic rings. The molecule has 0 aromatic heterocycles. The van der Waals surface area contributed by atoms with Crippen molar-refractivity contribution in [2.24, 2.45) is 0 Å². The second-order valence-corrected chi connectivity index (χ2v) is 10.8. The minimum atomic E-state index is -4.00. The molecule has 0 radical (unpaired) electrons. The molecule has 196 valence electrons. The van der Waals surface area contributed by atoms with E-state index in [1.165, 1.54) is 17.0 Å². The number of benzene rings is 2. The molecule has 0 aliphatic rings. The molecule has 2 amide bonds. The van der Waals surface area contributed by atoms with Crippen molar-refractivity contribution in [3.63, 3.8) is 0 Å². The third kappa shape index (κ3) is 7.27. The minimum absolute atomic E-state index is 0.0348. The topological polar surface area (TPSA) is 130 Å². The van der Waals surface area contributed by atoms with E-state index in [1.54, 1.807) is 13.8 Å². The number of nitro benzene ring substituents is 1. The summed E-state index contributed by atoms with van der Waals surface area (Å²) in [5, 5.41) is 14.2. The van der Waals surface area contributed by atoms with Crippen molar-refractivity contribution in [1.82, 2.24) is 10.2 Å². The SMILES string of the molecule is CCC(C)NC(=O)C(C)N(Cc1ccccc1C)C(=O)CN(c1cc([N+](=O)[O-])ccc1C)S(C)(=O)=O. The second-order valence-electron chi connectivity index (χ2n) is 8.94. The summed E-state index contributed by atoms with van der Waals surface area (Å²) in [5.74, 6) is -0.967. The summed E-state index contributed by atoms with van der Waals surface area (Å²) in [5.41, 5.74) is 1.92. The number of nitro groups is 1. The van der Waals surface area contributed by atoms with E-state index in [2.05, 4.69) is 5.32 Å². The van der Waals surface area contributed by atoms with Crippen molar-refractivity contribution in [1.29, 1.82) is 0 Å². The van der Waals surface area contributed by atoms with Gasteiger partial charge >= 0.3 is 0 Å². The number of hydrogen-bond acceptors (Lipinski definition) is 6. The minimum Gasteiger partial charge on any atom is -0.352 e. The van der Waals surface area contributed by atoms with E-state index < -0.39 is 33.4 Å². The molecule has 0 saturated carbocycles. The van der Waals surface area contributed by atoms with Gasteiger partial charge in [-0.2, -0.15) is 0 Å². The van der Waals surface area contributed by atoms with Gasteiger partial charge in [0.1, 0.15) is 12.6 Å². The van der Waals surface area contributed by atoms with Crippen LogP contribution < -0.4 is 9.62 Å². The van der Waals surface area contributed by atoms with Gasteiger partial charge in [0.05, 0.1) is 16.9 Å². The highest BCUT2D eigenvalue weighted by Gasteiger charge is 2.31. The third-order valence-electron chi connectivity index (χ3n) is 6.12. The molecule has 0 fully saturated rings. The van der Waals surface area contributed by atoms with Crippen molar-refractivity contribution in [3.8, 4) is 0 Å². The van der Waals surface area contributed by atoms with Crippen molar-refractivity contribution in [2.45, 2.75) is 59.7 Å². The first kappa shape index (κ1) is 28.8. The molecular weight excluding hydrogens is 484 g/mol. The maximum atomic E-state index is 13.6. The number of carbonyl (C=O) groups excluding carboxylic acids is 2. The van der Waals surface area contributed by atoms with Gasteiger partial charge in [0.2, 0.25) is 21.8 Å². The van der Waals surface area contributed by atoms with Gasteiger partial charge in [-0.25, -0.2) is 8.42 Å². The fourth-order valence-corrected chi connectivity index (χ4v) is 4.49. The van der Waals surface area contributed by atoms with Crippen molar-refractivity contribution < 1.29 is 22.9 Å². The predicted octanol–water partition coefficient (Wildman–Crippen LogP) is 3.31. The molecule has 0 bridgehead atoms. The van der Waals surface area contributed by atoms with Gasteiger partial charge in [-0.1, -0.05) is 37.3 Å². The van der Waals surface area contributed by atoms with Crippen LogP contribution in [0.3, 0.4) is 0 Å². The van der Waals surface area contributed by atoms with Crippen LogP contribution in [0.25, 0.3) is 0 Å². The van der Waals surface area contributed by atoms with E-state index in [0.717, 1.165) is 27.8 Å². The summed E-state index contributed by atoms with van der Waals surface area (Å²) >= 11 is 0. The van der Waals surface area contributed by atoms with Crippen LogP contribution in [0.1, 0.15) is 43.9 Å². The normalized spacial score (nSPS) is 12.9. The molecular formula is C25H34N4O6S. The molecule has 10 nitrogen and oxygen atoms in total. The van der Waals surface area contributed by atoms with Gasteiger partial charge in [0.15, 0.2) is 0 Å². The lowest BCUT2D eigenvalue weighted by molar-refractivity contribution is -0.384. The van der Waals surface area contributed by atoms with Crippen LogP contribution in [0.15, 0.2) is 42.5 Å². The fourth-order valence-electron chi connectivity index (χ4n) is 3.59. The van der Waals surface area contributed by atoms with E-state index in [9.17, 15) is 28.1 Å². The molecule has 2 atom stereocenters. The van der Waals surface area contributed by atoms with Gasteiger partial charge < -0.3 is 10.2 Å². The van der Waals surface area contributed by atoms with E-state index >= 15 is 0 Å². The highest BCUT2D eigenvalue weighted by molar-refractivity contribution is 7.92. The Morgan fingerprint density at radius 3 is 2.28 bits per heavy atom. The average Bonchev–Trinajstić information content (AvgIpc) is 2.80. The Morgan fingerprint density at radius 1 is 1.08 bits per heavy atom. The van der Waals surface area contributed by atoms with Gasteiger partial charge in [0.25, 0.3) is 5.69 Å². The van der Waals surface area contributed by atoms with Crippen LogP contribution in [-0.2, 0) is 26.2 Å². The van der Waals surface area contributed by atoms with Crippen LogP contribution in [-0.4, -0.2) is 54.9 Å². The number of rotatable bonds is 11. The number of hydrogen-bond donors (Lipinski definition) is 1. The molecule has 2 rings (SSSR count). The lowest BCUT2D eigenvalue weighted by Gasteiger charge is -2.32. The summed E-state index contributed by atoms with van der Waals surface area (Å²) in [6, 6.07) is 10.3. The van der Waals surface area contributed by atoms with Crippen molar-refractivity contribution >= 4 is 33.2 Å². The van der Waals surface area contributed by atoms with E-state index in [-0.39, 0.29) is 29.9 Å². The monoisotopic (exact) mass is 518 g/mol. The van der Waals surface area contributed by atoms with Crippen LogP contribution in [0.5, 0.6) is 0 Å². The van der Waals surface area contributed by atoms with Gasteiger partial charge in [0, 0.05) is 24.7 Å². The number of aryl methyl sites for hydroxylation is 2. The van der Waals surface area contributed by atoms with Gasteiger partial charge in [-0.15, -0.1) is 0 Å². The molecule has 0 aliphatic heterocycles. The fraction of sp³-hybridized carbons (Fsp3) is 0.440. The molecule has 36 heavy (non-hydrogen) atoms. The van der Waals surface area contributed by atoms with Gasteiger partial charge in [-0.3, -0.25) is 24.0 Å². The Bertz CT molecular complexity index is 1230. The van der Waals surface area contributed by atoms with Crippen LogP contribution in [0.4, 0.5) is 11.4 Å². The molecule has 0 heterocycles. The molecule has 0 saturated heterocycles. The highest BCUT2D eigenvalue weighted by Crippen LogP contribution is 2.28. The second kappa shape index (κ2) is 12.0. The molecule has 2 aromatic carbocycles. The average molecular weight is 519 g/mol. The highest BCUT2D eigenvalue weighted by atomic mass is 32.2. The van der Waals surface area contributed by atoms with Crippen molar-refractivity contribution in [2.75, 3.05) is 17.1 Å². The van der Waals surface area contributed by atoms with Crippen molar-refractivity contribution in [3.05, 3.63) is 69.3 Å². The lowest BCUT2D eigenvalue weighted by atomic mass is 10.1. The Labute approximate surface area is 212 Å². The number of amides is 2. The first-order valence-electron chi connectivity index (χ1n) is 11.6. The number of sulfonamides is 1. The zero-order chi connectivity index (χ0) is 27.2. The summed E-state index contributed by atoms with van der Waals surface area (Å²) < 4.78 is 26.3. The zero-order valence-corrected chi connectivity index (χ0v) is 22.3. The first-order chi connectivity index (χ1) is 16.8. The maximum Gasteiger partial charge on any atom is 0.271 e. The Kier molecular flexibility index (Phi) is 9.57. The number of non-ortho nitro benzene ring substituents is 1. The van der Waals surface area contributed by atoms with E-state index in [1.807, 2.05) is 45.0 Å². The standard InChI is InChI=1S/C25H34N4O6S/c1-7-19(4)26-25(31)20(5)27(15-21-11-9-8-10-17(21)2)24(30)16-28(36(6,34)35)23-14-22(29(32)33)13-12-18(23)3/h8-14,19-20H,7,15-16H2,1-6H3,(H,26,31). The first-order valence-corrected chi connectivity index (χ1v) is 13.5. The molecule has 0 spiro atoms. The lowest BCUT2D eigenvalue weighted by Crippen LogP contribution is -2.52. The Balaban J connectivity index is 2.49. The molecule has 2 unspecified atom stereocenters. The summed E-state index contributed by atoms with van der Waals surface area (Å²) in [6.07, 6.45) is 1.64.